The maximum Gasteiger partial charge on any atom is 0.419 e. The molecule has 0 amide bonds. The van der Waals surface area contributed by atoms with Crippen molar-refractivity contribution in [1.82, 2.24) is 8.87 Å². The molecule has 0 spiro atoms. The van der Waals surface area contributed by atoms with Crippen molar-refractivity contribution in [2.75, 3.05) is 20.2 Å². The van der Waals surface area contributed by atoms with Gasteiger partial charge < -0.3 is 14.6 Å². The van der Waals surface area contributed by atoms with Gasteiger partial charge >= 0.3 is 18.0 Å². The largest absolute Gasteiger partial charge is 0.481 e. The Morgan fingerprint density at radius 2 is 1.64 bits per heavy atom. The van der Waals surface area contributed by atoms with Gasteiger partial charge in [0.1, 0.15) is 12.5 Å². The van der Waals surface area contributed by atoms with Crippen molar-refractivity contribution in [3.63, 3.8) is 0 Å². The molecule has 2 heterocycles. The average Bonchev–Trinajstić information content (AvgIpc) is 3.34. The van der Waals surface area contributed by atoms with E-state index in [0.717, 1.165) is 21.5 Å². The predicted octanol–water partition coefficient (Wildman–Crippen LogP) is 4.30. The molecule has 0 saturated carbocycles. The molecule has 3 aromatic carbocycles. The number of hydrogen-bond acceptors (Lipinski definition) is 8. The van der Waals surface area contributed by atoms with E-state index in [4.69, 9.17) is 9.47 Å². The summed E-state index contributed by atoms with van der Waals surface area (Å²) in [4.78, 5) is 53.2. The summed E-state index contributed by atoms with van der Waals surface area (Å²) in [6.07, 6.45) is -1.50. The third-order valence-corrected chi connectivity index (χ3v) is 9.84. The second kappa shape index (κ2) is 13.0. The summed E-state index contributed by atoms with van der Waals surface area (Å²) >= 11 is 0. The Bertz CT molecular complexity index is 1870. The van der Waals surface area contributed by atoms with Crippen molar-refractivity contribution in [3.8, 4) is 0 Å². The standard InChI is InChI=1S/C33H32N2O9S/c1-21-12-14-23(15-13-21)45(41,42)34-17-16-25(28(36)19-34)30(32(39)43-2)31-26(18-29(37)38)24-10-6-7-11-27(24)35(31)33(40)44-20-22-8-4-3-5-9-22/h3-15,25,30H,16-20H2,1-2H3,(H,37,38). The number of carbonyl (C=O) groups is 4. The Hall–Kier alpha value is -4.81. The molecule has 0 bridgehead atoms. The highest BCUT2D eigenvalue weighted by Crippen LogP contribution is 2.40. The van der Waals surface area contributed by atoms with Crippen LogP contribution in [0.2, 0.25) is 0 Å². The number of esters is 1. The molecule has 1 aliphatic rings. The summed E-state index contributed by atoms with van der Waals surface area (Å²) in [7, 11) is -2.88. The lowest BCUT2D eigenvalue weighted by Crippen LogP contribution is -2.47. The van der Waals surface area contributed by atoms with Crippen molar-refractivity contribution in [2.45, 2.75) is 37.2 Å². The molecular weight excluding hydrogens is 600 g/mol. The number of piperidine rings is 1. The molecule has 1 N–H and O–H groups in total. The van der Waals surface area contributed by atoms with E-state index < -0.39 is 58.6 Å². The van der Waals surface area contributed by atoms with Gasteiger partial charge in [0.2, 0.25) is 10.0 Å². The molecule has 1 aromatic heterocycles. The van der Waals surface area contributed by atoms with Crippen LogP contribution in [0.25, 0.3) is 10.9 Å². The smallest absolute Gasteiger partial charge is 0.419 e. The number of aromatic nitrogens is 1. The zero-order chi connectivity index (χ0) is 32.3. The molecule has 1 fully saturated rings. The highest BCUT2D eigenvalue weighted by molar-refractivity contribution is 7.89. The third kappa shape index (κ3) is 6.38. The van der Waals surface area contributed by atoms with E-state index in [9.17, 15) is 32.7 Å². The Labute approximate surface area is 260 Å². The van der Waals surface area contributed by atoms with Gasteiger partial charge in [0.15, 0.2) is 5.78 Å². The van der Waals surface area contributed by atoms with Crippen LogP contribution in [0, 0.1) is 12.8 Å². The quantitative estimate of drug-likeness (QED) is 0.267. The molecule has 2 unspecified atom stereocenters. The summed E-state index contributed by atoms with van der Waals surface area (Å²) in [6, 6.07) is 21.7. The number of fused-ring (bicyclic) bond motifs is 1. The minimum atomic E-state index is -4.01. The molecule has 2 atom stereocenters. The van der Waals surface area contributed by atoms with Crippen molar-refractivity contribution >= 4 is 44.7 Å². The number of benzene rings is 3. The molecule has 45 heavy (non-hydrogen) atoms. The molecule has 11 nitrogen and oxygen atoms in total. The molecular formula is C33H32N2O9S. The van der Waals surface area contributed by atoms with Crippen LogP contribution in [0.3, 0.4) is 0 Å². The topological polar surface area (TPSA) is 149 Å². The summed E-state index contributed by atoms with van der Waals surface area (Å²) in [6.45, 7) is 1.12. The second-order valence-electron chi connectivity index (χ2n) is 10.8. The van der Waals surface area contributed by atoms with Crippen LogP contribution in [0.1, 0.15) is 34.7 Å². The number of methoxy groups -OCH3 is 1. The lowest BCUT2D eigenvalue weighted by molar-refractivity contribution is -0.147. The number of ether oxygens (including phenoxy) is 2. The van der Waals surface area contributed by atoms with Crippen LogP contribution < -0.4 is 0 Å². The van der Waals surface area contributed by atoms with E-state index >= 15 is 0 Å². The first-order valence-electron chi connectivity index (χ1n) is 14.2. The van der Waals surface area contributed by atoms with E-state index in [1.165, 1.54) is 12.1 Å². The van der Waals surface area contributed by atoms with Gasteiger partial charge in [-0.15, -0.1) is 0 Å². The molecule has 1 aliphatic heterocycles. The zero-order valence-corrected chi connectivity index (χ0v) is 25.5. The number of Topliss-reactive ketones (excluding diaryl/α,β-unsaturated/α-hetero) is 1. The van der Waals surface area contributed by atoms with Crippen molar-refractivity contribution in [2.24, 2.45) is 5.92 Å². The van der Waals surface area contributed by atoms with Gasteiger partial charge in [-0.2, -0.15) is 4.31 Å². The number of rotatable bonds is 9. The van der Waals surface area contributed by atoms with Crippen LogP contribution in [-0.4, -0.2) is 66.4 Å². The molecule has 12 heteroatoms. The number of carboxylic acids is 1. The SMILES string of the molecule is COC(=O)C(c1c(CC(=O)O)c2ccccc2n1C(=O)OCc1ccccc1)C1CCN(S(=O)(=O)c2ccc(C)cc2)CC1=O. The van der Waals surface area contributed by atoms with Gasteiger partial charge in [-0.25, -0.2) is 17.8 Å². The third-order valence-electron chi connectivity index (χ3n) is 7.98. The van der Waals surface area contributed by atoms with Crippen LogP contribution in [-0.2, 0) is 46.9 Å². The number of carboxylic acid groups (broad SMARTS) is 1. The first-order chi connectivity index (χ1) is 21.5. The maximum absolute atomic E-state index is 13.8. The van der Waals surface area contributed by atoms with Crippen LogP contribution in [0.4, 0.5) is 4.79 Å². The van der Waals surface area contributed by atoms with Crippen LogP contribution in [0.15, 0.2) is 83.8 Å². The zero-order valence-electron chi connectivity index (χ0n) is 24.7. The fourth-order valence-electron chi connectivity index (χ4n) is 5.80. The Balaban J connectivity index is 1.58. The minimum Gasteiger partial charge on any atom is -0.481 e. The molecule has 4 aromatic rings. The maximum atomic E-state index is 13.8. The van der Waals surface area contributed by atoms with E-state index in [1.807, 2.05) is 13.0 Å². The van der Waals surface area contributed by atoms with Crippen LogP contribution >= 0.6 is 0 Å². The van der Waals surface area contributed by atoms with Gasteiger partial charge in [0.25, 0.3) is 0 Å². The van der Waals surface area contributed by atoms with Crippen LogP contribution in [0.5, 0.6) is 0 Å². The van der Waals surface area contributed by atoms with Gasteiger partial charge in [0.05, 0.1) is 30.5 Å². The first kappa shape index (κ1) is 31.6. The fraction of sp³-hybridized carbons (Fsp3) is 0.273. The van der Waals surface area contributed by atoms with Crippen molar-refractivity contribution in [1.29, 1.82) is 0 Å². The molecule has 5 rings (SSSR count). The van der Waals surface area contributed by atoms with Gasteiger partial charge in [-0.1, -0.05) is 66.2 Å². The number of carbonyl (C=O) groups excluding carboxylic acids is 3. The highest BCUT2D eigenvalue weighted by atomic mass is 32.2. The normalized spacial score (nSPS) is 16.3. The lowest BCUT2D eigenvalue weighted by Gasteiger charge is -2.34. The fourth-order valence-corrected chi connectivity index (χ4v) is 7.22. The molecule has 234 valence electrons. The molecule has 0 aliphatic carbocycles. The summed E-state index contributed by atoms with van der Waals surface area (Å²) in [5.74, 6) is -5.18. The second-order valence-corrected chi connectivity index (χ2v) is 12.8. The average molecular weight is 633 g/mol. The monoisotopic (exact) mass is 632 g/mol. The molecule has 1 saturated heterocycles. The number of aliphatic carboxylic acids is 1. The van der Waals surface area contributed by atoms with E-state index in [-0.39, 0.29) is 35.7 Å². The Morgan fingerprint density at radius 1 is 0.978 bits per heavy atom. The summed E-state index contributed by atoms with van der Waals surface area (Å²) < 4.78 is 39.7. The summed E-state index contributed by atoms with van der Waals surface area (Å²) in [5.41, 5.74) is 2.00. The van der Waals surface area contributed by atoms with Crippen molar-refractivity contribution < 1.29 is 42.2 Å². The number of aryl methyl sites for hydroxylation is 1. The highest BCUT2D eigenvalue weighted by Gasteiger charge is 2.45. The van der Waals surface area contributed by atoms with Gasteiger partial charge in [-0.05, 0) is 42.7 Å². The van der Waals surface area contributed by atoms with E-state index in [1.54, 1.807) is 60.7 Å². The van der Waals surface area contributed by atoms with Gasteiger partial charge in [0, 0.05) is 23.5 Å². The predicted molar refractivity (Wildman–Crippen MR) is 163 cm³/mol. The van der Waals surface area contributed by atoms with E-state index in [0.29, 0.717) is 16.5 Å². The number of ketones is 1. The van der Waals surface area contributed by atoms with E-state index in [2.05, 4.69) is 0 Å². The number of sulfonamides is 1. The number of hydrogen-bond donors (Lipinski definition) is 1. The number of para-hydroxylation sites is 1. The van der Waals surface area contributed by atoms with Crippen molar-refractivity contribution in [3.05, 3.63) is 101 Å². The Kier molecular flexibility index (Phi) is 9.16. The lowest BCUT2D eigenvalue weighted by atomic mass is 9.80. The Morgan fingerprint density at radius 3 is 2.29 bits per heavy atom. The molecule has 0 radical (unpaired) electrons. The minimum absolute atomic E-state index is 0.0308. The first-order valence-corrected chi connectivity index (χ1v) is 15.7. The number of nitrogens with zero attached hydrogens (tertiary/aromatic N) is 2. The van der Waals surface area contributed by atoms with Gasteiger partial charge in [-0.3, -0.25) is 14.4 Å². The summed E-state index contributed by atoms with van der Waals surface area (Å²) in [5, 5.41) is 10.3.